The Bertz CT molecular complexity index is 737. The smallest absolute Gasteiger partial charge is 0.339 e. The molecule has 0 saturated carbocycles. The minimum atomic E-state index is -0.234. The Morgan fingerprint density at radius 3 is 2.81 bits per heavy atom. The summed E-state index contributed by atoms with van der Waals surface area (Å²) < 4.78 is 6.48. The SMILES string of the molecule is O=C(OCCCc1ccncc1)c1csc2ccccc12. The number of thiophene rings is 1. The topological polar surface area (TPSA) is 39.2 Å². The average molecular weight is 297 g/mol. The second kappa shape index (κ2) is 6.50. The van der Waals surface area contributed by atoms with Crippen molar-refractivity contribution in [3.05, 3.63) is 65.3 Å². The minimum Gasteiger partial charge on any atom is -0.462 e. The molecule has 0 aliphatic carbocycles. The molecular formula is C17H15NO2S. The fraction of sp³-hybridized carbons (Fsp3) is 0.176. The Hall–Kier alpha value is -2.20. The molecule has 3 rings (SSSR count). The largest absolute Gasteiger partial charge is 0.462 e. The van der Waals surface area contributed by atoms with E-state index in [0.717, 1.165) is 22.9 Å². The quantitative estimate of drug-likeness (QED) is 0.526. The van der Waals surface area contributed by atoms with Gasteiger partial charge in [-0.3, -0.25) is 4.98 Å². The van der Waals surface area contributed by atoms with Crippen molar-refractivity contribution in [3.8, 4) is 0 Å². The van der Waals surface area contributed by atoms with Gasteiger partial charge in [-0.05, 0) is 36.6 Å². The molecule has 3 nitrogen and oxygen atoms in total. The van der Waals surface area contributed by atoms with Crippen LogP contribution in [0.3, 0.4) is 0 Å². The second-order valence-corrected chi connectivity index (χ2v) is 5.65. The number of ether oxygens (including phenoxy) is 1. The highest BCUT2D eigenvalue weighted by Gasteiger charge is 2.12. The Labute approximate surface area is 127 Å². The summed E-state index contributed by atoms with van der Waals surface area (Å²) >= 11 is 1.57. The van der Waals surface area contributed by atoms with Gasteiger partial charge in [0.15, 0.2) is 0 Å². The van der Waals surface area contributed by atoms with Crippen LogP contribution >= 0.6 is 11.3 Å². The van der Waals surface area contributed by atoms with E-state index in [-0.39, 0.29) is 5.97 Å². The number of pyridine rings is 1. The van der Waals surface area contributed by atoms with Crippen molar-refractivity contribution in [2.24, 2.45) is 0 Å². The molecule has 0 bridgehead atoms. The molecule has 0 aliphatic heterocycles. The lowest BCUT2D eigenvalue weighted by molar-refractivity contribution is 0.0503. The first-order chi connectivity index (χ1) is 10.3. The molecule has 106 valence electrons. The first-order valence-electron chi connectivity index (χ1n) is 6.87. The highest BCUT2D eigenvalue weighted by molar-refractivity contribution is 7.17. The van der Waals surface area contributed by atoms with E-state index >= 15 is 0 Å². The van der Waals surface area contributed by atoms with Gasteiger partial charge in [-0.25, -0.2) is 4.79 Å². The van der Waals surface area contributed by atoms with Crippen molar-refractivity contribution in [2.45, 2.75) is 12.8 Å². The summed E-state index contributed by atoms with van der Waals surface area (Å²) in [6.07, 6.45) is 5.26. The number of hydrogen-bond donors (Lipinski definition) is 0. The molecule has 2 aromatic heterocycles. The molecule has 0 atom stereocenters. The van der Waals surface area contributed by atoms with Crippen LogP contribution in [0.25, 0.3) is 10.1 Å². The molecule has 0 spiro atoms. The number of hydrogen-bond acceptors (Lipinski definition) is 4. The summed E-state index contributed by atoms with van der Waals surface area (Å²) in [5, 5.41) is 2.84. The first-order valence-corrected chi connectivity index (χ1v) is 7.75. The van der Waals surface area contributed by atoms with E-state index in [1.54, 1.807) is 23.7 Å². The zero-order valence-electron chi connectivity index (χ0n) is 11.5. The third-order valence-electron chi connectivity index (χ3n) is 3.29. The van der Waals surface area contributed by atoms with Gasteiger partial charge in [0, 0.05) is 27.9 Å². The number of esters is 1. The molecule has 0 aliphatic rings. The van der Waals surface area contributed by atoms with Crippen LogP contribution < -0.4 is 0 Å². The molecule has 0 radical (unpaired) electrons. The summed E-state index contributed by atoms with van der Waals surface area (Å²) in [5.74, 6) is -0.234. The monoisotopic (exact) mass is 297 g/mol. The maximum absolute atomic E-state index is 12.1. The number of carbonyl (C=O) groups is 1. The number of fused-ring (bicyclic) bond motifs is 1. The molecular weight excluding hydrogens is 282 g/mol. The maximum Gasteiger partial charge on any atom is 0.339 e. The normalized spacial score (nSPS) is 10.7. The van der Waals surface area contributed by atoms with Crippen LogP contribution in [0.5, 0.6) is 0 Å². The van der Waals surface area contributed by atoms with Crippen LogP contribution in [0.15, 0.2) is 54.2 Å². The van der Waals surface area contributed by atoms with Crippen LogP contribution in [0.4, 0.5) is 0 Å². The zero-order chi connectivity index (χ0) is 14.5. The predicted molar refractivity (Wildman–Crippen MR) is 84.7 cm³/mol. The summed E-state index contributed by atoms with van der Waals surface area (Å²) in [7, 11) is 0. The van der Waals surface area contributed by atoms with E-state index < -0.39 is 0 Å². The molecule has 0 N–H and O–H groups in total. The van der Waals surface area contributed by atoms with Gasteiger partial charge < -0.3 is 4.74 Å². The van der Waals surface area contributed by atoms with Gasteiger partial charge in [0.2, 0.25) is 0 Å². The van der Waals surface area contributed by atoms with Crippen molar-refractivity contribution in [1.29, 1.82) is 0 Å². The molecule has 0 fully saturated rings. The molecule has 0 saturated heterocycles. The molecule has 3 aromatic rings. The Morgan fingerprint density at radius 2 is 1.95 bits per heavy atom. The first kappa shape index (κ1) is 13.8. The van der Waals surface area contributed by atoms with Gasteiger partial charge in [0.25, 0.3) is 0 Å². The highest BCUT2D eigenvalue weighted by atomic mass is 32.1. The Balaban J connectivity index is 1.55. The average Bonchev–Trinajstić information content (AvgIpc) is 2.96. The van der Waals surface area contributed by atoms with Crippen LogP contribution in [0, 0.1) is 0 Å². The van der Waals surface area contributed by atoms with Gasteiger partial charge >= 0.3 is 5.97 Å². The zero-order valence-corrected chi connectivity index (χ0v) is 12.3. The van der Waals surface area contributed by atoms with Crippen molar-refractivity contribution in [2.75, 3.05) is 6.61 Å². The molecule has 1 aromatic carbocycles. The van der Waals surface area contributed by atoms with Gasteiger partial charge in [-0.15, -0.1) is 11.3 Å². The number of carbonyl (C=O) groups excluding carboxylic acids is 1. The van der Waals surface area contributed by atoms with E-state index in [9.17, 15) is 4.79 Å². The summed E-state index contributed by atoms with van der Waals surface area (Å²) in [6, 6.07) is 11.8. The number of rotatable bonds is 5. The van der Waals surface area contributed by atoms with Gasteiger partial charge in [-0.1, -0.05) is 18.2 Å². The number of aromatic nitrogens is 1. The van der Waals surface area contributed by atoms with E-state index in [1.165, 1.54) is 5.56 Å². The van der Waals surface area contributed by atoms with Gasteiger partial charge in [-0.2, -0.15) is 0 Å². The van der Waals surface area contributed by atoms with Gasteiger partial charge in [0.1, 0.15) is 0 Å². The fourth-order valence-electron chi connectivity index (χ4n) is 2.20. The third kappa shape index (κ3) is 3.28. The summed E-state index contributed by atoms with van der Waals surface area (Å²) in [4.78, 5) is 16.1. The highest BCUT2D eigenvalue weighted by Crippen LogP contribution is 2.26. The van der Waals surface area contributed by atoms with E-state index in [4.69, 9.17) is 4.74 Å². The third-order valence-corrected chi connectivity index (χ3v) is 4.26. The van der Waals surface area contributed by atoms with Crippen molar-refractivity contribution < 1.29 is 9.53 Å². The van der Waals surface area contributed by atoms with Crippen molar-refractivity contribution in [3.63, 3.8) is 0 Å². The molecule has 4 heteroatoms. The minimum absolute atomic E-state index is 0.234. The lowest BCUT2D eigenvalue weighted by atomic mass is 10.1. The van der Waals surface area contributed by atoms with Crippen molar-refractivity contribution in [1.82, 2.24) is 4.98 Å². The van der Waals surface area contributed by atoms with E-state index in [1.807, 2.05) is 41.8 Å². The van der Waals surface area contributed by atoms with Crippen LogP contribution in [-0.2, 0) is 11.2 Å². The maximum atomic E-state index is 12.1. The molecule has 0 unspecified atom stereocenters. The summed E-state index contributed by atoms with van der Waals surface area (Å²) in [5.41, 5.74) is 1.88. The van der Waals surface area contributed by atoms with Crippen LogP contribution in [-0.4, -0.2) is 17.6 Å². The number of benzene rings is 1. The lowest BCUT2D eigenvalue weighted by Crippen LogP contribution is -2.06. The Kier molecular flexibility index (Phi) is 4.26. The van der Waals surface area contributed by atoms with E-state index in [2.05, 4.69) is 4.98 Å². The predicted octanol–water partition coefficient (Wildman–Crippen LogP) is 4.09. The standard InChI is InChI=1S/C17H15NO2S/c19-17(15-12-21-16-6-2-1-5-14(15)16)20-11-3-4-13-7-9-18-10-8-13/h1-2,5-10,12H,3-4,11H2. The number of nitrogens with zero attached hydrogens (tertiary/aromatic N) is 1. The molecule has 2 heterocycles. The van der Waals surface area contributed by atoms with E-state index in [0.29, 0.717) is 12.2 Å². The van der Waals surface area contributed by atoms with Gasteiger partial charge in [0.05, 0.1) is 12.2 Å². The van der Waals surface area contributed by atoms with Crippen molar-refractivity contribution >= 4 is 27.4 Å². The Morgan fingerprint density at radius 1 is 1.14 bits per heavy atom. The fourth-order valence-corrected chi connectivity index (χ4v) is 3.13. The summed E-state index contributed by atoms with van der Waals surface area (Å²) in [6.45, 7) is 0.436. The van der Waals surface area contributed by atoms with Crippen LogP contribution in [0.2, 0.25) is 0 Å². The molecule has 21 heavy (non-hydrogen) atoms. The second-order valence-electron chi connectivity index (χ2n) is 4.74. The van der Waals surface area contributed by atoms with Crippen LogP contribution in [0.1, 0.15) is 22.3 Å². The lowest BCUT2D eigenvalue weighted by Gasteiger charge is -2.04. The number of aryl methyl sites for hydroxylation is 1. The molecule has 0 amide bonds.